The van der Waals surface area contributed by atoms with Gasteiger partial charge in [0.1, 0.15) is 4.99 Å². The molecule has 0 spiro atoms. The third-order valence-electron chi connectivity index (χ3n) is 2.88. The lowest BCUT2D eigenvalue weighted by Crippen LogP contribution is -2.35. The van der Waals surface area contributed by atoms with Gasteiger partial charge in [0.25, 0.3) is 0 Å². The maximum absolute atomic E-state index is 11.6. The number of nitrogens with two attached hydrogens (primary N) is 1. The molecule has 3 N–H and O–H groups in total. The fourth-order valence-corrected chi connectivity index (χ4v) is 2.21. The second-order valence-corrected chi connectivity index (χ2v) is 5.30. The second-order valence-electron chi connectivity index (χ2n) is 4.42. The molecule has 0 aliphatic rings. The predicted molar refractivity (Wildman–Crippen MR) is 83.8 cm³/mol. The summed E-state index contributed by atoms with van der Waals surface area (Å²) in [7, 11) is 3.51. The average molecular weight is 300 g/mol. The summed E-state index contributed by atoms with van der Waals surface area (Å²) < 4.78 is 0. The Labute approximate surface area is 123 Å². The molecule has 0 saturated heterocycles. The Kier molecular flexibility index (Phi) is 5.57. The Morgan fingerprint density at radius 2 is 2.21 bits per heavy atom. The lowest BCUT2D eigenvalue weighted by molar-refractivity contribution is -0.123. The topological polar surface area (TPSA) is 58.4 Å². The highest BCUT2D eigenvalue weighted by molar-refractivity contribution is 7.80. The third-order valence-corrected chi connectivity index (χ3v) is 3.33. The molecule has 104 valence electrons. The highest BCUT2D eigenvalue weighted by Gasteiger charge is 2.17. The van der Waals surface area contributed by atoms with Crippen LogP contribution in [0.3, 0.4) is 0 Å². The van der Waals surface area contributed by atoms with E-state index < -0.39 is 0 Å². The molecule has 0 aliphatic heterocycles. The minimum absolute atomic E-state index is 0.00856. The van der Waals surface area contributed by atoms with Crippen molar-refractivity contribution in [3.05, 3.63) is 28.8 Å². The number of hydrogen-bond acceptors (Lipinski definition) is 3. The van der Waals surface area contributed by atoms with Crippen molar-refractivity contribution in [3.63, 3.8) is 0 Å². The SMILES string of the molecule is CNC(=O)C(C)CN(C)c1cc(Cl)ccc1C(N)=S. The molecule has 4 nitrogen and oxygen atoms in total. The molecule has 1 amide bonds. The minimum Gasteiger partial charge on any atom is -0.389 e. The van der Waals surface area contributed by atoms with Gasteiger partial charge < -0.3 is 16.0 Å². The molecule has 1 aromatic rings. The lowest BCUT2D eigenvalue weighted by atomic mass is 10.1. The van der Waals surface area contributed by atoms with E-state index in [-0.39, 0.29) is 11.8 Å². The van der Waals surface area contributed by atoms with E-state index in [4.69, 9.17) is 29.6 Å². The highest BCUT2D eigenvalue weighted by Crippen LogP contribution is 2.24. The first-order valence-electron chi connectivity index (χ1n) is 5.89. The van der Waals surface area contributed by atoms with Gasteiger partial charge in [0.05, 0.1) is 5.92 Å². The number of carbonyl (C=O) groups excluding carboxylic acids is 1. The van der Waals surface area contributed by atoms with E-state index in [0.29, 0.717) is 16.6 Å². The zero-order valence-corrected chi connectivity index (χ0v) is 12.8. The quantitative estimate of drug-likeness (QED) is 0.814. The molecule has 19 heavy (non-hydrogen) atoms. The van der Waals surface area contributed by atoms with E-state index in [1.165, 1.54) is 0 Å². The Bertz CT molecular complexity index is 493. The van der Waals surface area contributed by atoms with Crippen molar-refractivity contribution in [2.45, 2.75) is 6.92 Å². The molecule has 0 heterocycles. The monoisotopic (exact) mass is 299 g/mol. The standard InChI is InChI=1S/C13H18ClN3OS/c1-8(13(18)16-2)7-17(3)11-6-9(14)4-5-10(11)12(15)19/h4-6,8H,7H2,1-3H3,(H2,15,19)(H,16,18). The lowest BCUT2D eigenvalue weighted by Gasteiger charge is -2.25. The molecule has 1 atom stereocenters. The summed E-state index contributed by atoms with van der Waals surface area (Å²) in [5, 5.41) is 3.23. The van der Waals surface area contributed by atoms with Crippen LogP contribution in [0.15, 0.2) is 18.2 Å². The zero-order chi connectivity index (χ0) is 14.6. The van der Waals surface area contributed by atoms with Gasteiger partial charge in [-0.1, -0.05) is 30.7 Å². The van der Waals surface area contributed by atoms with Crippen LogP contribution in [0, 0.1) is 5.92 Å². The van der Waals surface area contributed by atoms with Crippen molar-refractivity contribution < 1.29 is 4.79 Å². The van der Waals surface area contributed by atoms with Crippen LogP contribution in [0.1, 0.15) is 12.5 Å². The average Bonchev–Trinajstić information content (AvgIpc) is 2.36. The molecule has 0 aliphatic carbocycles. The highest BCUT2D eigenvalue weighted by atomic mass is 35.5. The summed E-state index contributed by atoms with van der Waals surface area (Å²) in [5.41, 5.74) is 7.29. The van der Waals surface area contributed by atoms with Crippen molar-refractivity contribution in [1.29, 1.82) is 0 Å². The van der Waals surface area contributed by atoms with E-state index >= 15 is 0 Å². The number of halogens is 1. The summed E-state index contributed by atoms with van der Waals surface area (Å²) in [6, 6.07) is 5.34. The fraction of sp³-hybridized carbons (Fsp3) is 0.385. The van der Waals surface area contributed by atoms with Crippen LogP contribution in [0.4, 0.5) is 5.69 Å². The number of nitrogens with one attached hydrogen (secondary N) is 1. The second kappa shape index (κ2) is 6.73. The predicted octanol–water partition coefficient (Wildman–Crippen LogP) is 1.79. The van der Waals surface area contributed by atoms with E-state index in [0.717, 1.165) is 11.3 Å². The molecular weight excluding hydrogens is 282 g/mol. The number of hydrogen-bond donors (Lipinski definition) is 2. The van der Waals surface area contributed by atoms with Crippen molar-refractivity contribution in [2.24, 2.45) is 11.7 Å². The van der Waals surface area contributed by atoms with Crippen molar-refractivity contribution in [3.8, 4) is 0 Å². The molecule has 0 bridgehead atoms. The maximum atomic E-state index is 11.6. The smallest absolute Gasteiger partial charge is 0.224 e. The number of amides is 1. The van der Waals surface area contributed by atoms with Gasteiger partial charge in [0.2, 0.25) is 5.91 Å². The van der Waals surface area contributed by atoms with Gasteiger partial charge in [-0.25, -0.2) is 0 Å². The molecule has 0 fully saturated rings. The first-order chi connectivity index (χ1) is 8.86. The number of benzene rings is 1. The number of rotatable bonds is 5. The van der Waals surface area contributed by atoms with Gasteiger partial charge in [-0.2, -0.15) is 0 Å². The molecule has 1 rings (SSSR count). The normalized spacial score (nSPS) is 11.8. The van der Waals surface area contributed by atoms with Crippen LogP contribution in [-0.4, -0.2) is 31.5 Å². The van der Waals surface area contributed by atoms with E-state index in [1.807, 2.05) is 18.9 Å². The van der Waals surface area contributed by atoms with Gasteiger partial charge in [-0.05, 0) is 18.2 Å². The van der Waals surface area contributed by atoms with Crippen LogP contribution in [0.25, 0.3) is 0 Å². The van der Waals surface area contributed by atoms with E-state index in [9.17, 15) is 4.79 Å². The largest absolute Gasteiger partial charge is 0.389 e. The number of nitrogens with zero attached hydrogens (tertiary/aromatic N) is 1. The molecule has 6 heteroatoms. The van der Waals surface area contributed by atoms with Crippen LogP contribution in [-0.2, 0) is 4.79 Å². The maximum Gasteiger partial charge on any atom is 0.224 e. The summed E-state index contributed by atoms with van der Waals surface area (Å²) in [5.74, 6) is -0.154. The summed E-state index contributed by atoms with van der Waals surface area (Å²) >= 11 is 11.0. The van der Waals surface area contributed by atoms with Gasteiger partial charge >= 0.3 is 0 Å². The Morgan fingerprint density at radius 1 is 1.58 bits per heavy atom. The van der Waals surface area contributed by atoms with Crippen LogP contribution in [0.2, 0.25) is 5.02 Å². The minimum atomic E-state index is -0.145. The summed E-state index contributed by atoms with van der Waals surface area (Å²) in [4.78, 5) is 13.8. The fourth-order valence-electron chi connectivity index (χ4n) is 1.87. The first-order valence-corrected chi connectivity index (χ1v) is 6.67. The molecule has 0 aromatic heterocycles. The Balaban J connectivity index is 2.98. The van der Waals surface area contributed by atoms with Crippen molar-refractivity contribution >= 4 is 40.4 Å². The molecule has 0 radical (unpaired) electrons. The zero-order valence-electron chi connectivity index (χ0n) is 11.2. The van der Waals surface area contributed by atoms with Crippen molar-refractivity contribution in [2.75, 3.05) is 25.5 Å². The van der Waals surface area contributed by atoms with Gasteiger partial charge in [0.15, 0.2) is 0 Å². The Hall–Kier alpha value is -1.33. The summed E-state index contributed by atoms with van der Waals surface area (Å²) in [6.45, 7) is 2.41. The summed E-state index contributed by atoms with van der Waals surface area (Å²) in [6.07, 6.45) is 0. The first kappa shape index (κ1) is 15.7. The third kappa shape index (κ3) is 4.08. The van der Waals surface area contributed by atoms with Gasteiger partial charge in [-0.3, -0.25) is 4.79 Å². The van der Waals surface area contributed by atoms with E-state index in [1.54, 1.807) is 25.2 Å². The van der Waals surface area contributed by atoms with Crippen molar-refractivity contribution in [1.82, 2.24) is 5.32 Å². The molecule has 1 aromatic carbocycles. The number of anilines is 1. The molecule has 1 unspecified atom stereocenters. The molecule has 0 saturated carbocycles. The number of carbonyl (C=O) groups is 1. The van der Waals surface area contributed by atoms with Gasteiger partial charge in [-0.15, -0.1) is 0 Å². The van der Waals surface area contributed by atoms with Gasteiger partial charge in [0, 0.05) is 36.9 Å². The Morgan fingerprint density at radius 3 is 2.74 bits per heavy atom. The van der Waals surface area contributed by atoms with E-state index in [2.05, 4.69) is 5.32 Å². The number of thiocarbonyl (C=S) groups is 1. The van der Waals surface area contributed by atoms with Crippen LogP contribution < -0.4 is 16.0 Å². The molecular formula is C13H18ClN3OS. The van der Waals surface area contributed by atoms with Crippen LogP contribution in [0.5, 0.6) is 0 Å². The van der Waals surface area contributed by atoms with Crippen LogP contribution >= 0.6 is 23.8 Å².